The molecular formula is C65H106NO8P. The van der Waals surface area contributed by atoms with E-state index in [1.807, 2.05) is 0 Å². The summed E-state index contributed by atoms with van der Waals surface area (Å²) in [6, 6.07) is 0. The lowest BCUT2D eigenvalue weighted by Crippen LogP contribution is -2.29. The van der Waals surface area contributed by atoms with E-state index in [4.69, 9.17) is 24.3 Å². The van der Waals surface area contributed by atoms with E-state index < -0.39 is 32.5 Å². The third-order valence-electron chi connectivity index (χ3n) is 11.7. The van der Waals surface area contributed by atoms with Crippen LogP contribution in [0.2, 0.25) is 0 Å². The average Bonchev–Trinajstić information content (AvgIpc) is 3.40. The molecule has 10 heteroatoms. The van der Waals surface area contributed by atoms with Crippen LogP contribution in [0.5, 0.6) is 0 Å². The number of hydrogen-bond acceptors (Lipinski definition) is 8. The summed E-state index contributed by atoms with van der Waals surface area (Å²) < 4.78 is 33.0. The van der Waals surface area contributed by atoms with E-state index in [0.717, 1.165) is 141 Å². The summed E-state index contributed by atoms with van der Waals surface area (Å²) in [6.45, 7) is 3.55. The van der Waals surface area contributed by atoms with Crippen molar-refractivity contribution in [3.05, 3.63) is 146 Å². The lowest BCUT2D eigenvalue weighted by molar-refractivity contribution is -0.161. The standard InChI is InChI=1S/C65H106NO8P/c1-3-5-7-9-11-13-15-17-19-21-23-24-25-26-27-28-29-30-31-32-33-34-35-36-37-38-40-42-44-46-48-50-52-54-56-58-65(68)74-63(62-73-75(69,70)72-60-59-66)61-71-64(67)57-55-53-51-49-47-45-43-41-39-22-20-18-16-14-12-10-8-6-4-2/h5,7,11-14,17-20,23-24,26-27,29-30,32-33,35-36,38-41,63H,3-4,6,8-10,15-16,21-22,25,28,31,34,37,42-62,66H2,1-2H3,(H,69,70)/b7-5-,13-11-,14-12-,19-17-,20-18-,24-23-,27-26-,30-29-,33-32-,36-35-,40-38-,41-39-. The maximum atomic E-state index is 12.7. The number of esters is 2. The molecular weight excluding hydrogens is 954 g/mol. The van der Waals surface area contributed by atoms with Crippen molar-refractivity contribution in [1.29, 1.82) is 0 Å². The number of nitrogens with two attached hydrogens (primary N) is 1. The van der Waals surface area contributed by atoms with Gasteiger partial charge in [-0.15, -0.1) is 0 Å². The van der Waals surface area contributed by atoms with Crippen LogP contribution in [-0.4, -0.2) is 49.3 Å². The van der Waals surface area contributed by atoms with Crippen molar-refractivity contribution >= 4 is 19.8 Å². The molecule has 0 aliphatic rings. The zero-order valence-corrected chi connectivity index (χ0v) is 48.1. The molecule has 0 amide bonds. The molecule has 0 aromatic heterocycles. The number of allylic oxidation sites excluding steroid dienone is 24. The number of unbranched alkanes of at least 4 members (excludes halogenated alkanes) is 16. The summed E-state index contributed by atoms with van der Waals surface area (Å²) in [5, 5.41) is 0. The molecule has 2 unspecified atom stereocenters. The van der Waals surface area contributed by atoms with Crippen LogP contribution >= 0.6 is 7.82 Å². The number of rotatable bonds is 53. The van der Waals surface area contributed by atoms with Gasteiger partial charge in [0.25, 0.3) is 0 Å². The van der Waals surface area contributed by atoms with Crippen molar-refractivity contribution in [3.63, 3.8) is 0 Å². The van der Waals surface area contributed by atoms with Gasteiger partial charge in [0, 0.05) is 19.4 Å². The lowest BCUT2D eigenvalue weighted by atomic mass is 10.1. The summed E-state index contributed by atoms with van der Waals surface area (Å²) >= 11 is 0. The predicted octanol–water partition coefficient (Wildman–Crippen LogP) is 18.7. The molecule has 3 N–H and O–H groups in total. The van der Waals surface area contributed by atoms with E-state index in [1.165, 1.54) is 38.5 Å². The first-order valence-corrected chi connectivity index (χ1v) is 30.8. The minimum absolute atomic E-state index is 0.0415. The fraction of sp³-hybridized carbons (Fsp3) is 0.600. The first-order chi connectivity index (χ1) is 36.8. The molecule has 9 nitrogen and oxygen atoms in total. The Morgan fingerprint density at radius 1 is 0.413 bits per heavy atom. The highest BCUT2D eigenvalue weighted by molar-refractivity contribution is 7.47. The Bertz CT molecular complexity index is 1730. The highest BCUT2D eigenvalue weighted by Crippen LogP contribution is 2.43. The molecule has 0 aliphatic carbocycles. The number of hydrogen-bond donors (Lipinski definition) is 2. The Morgan fingerprint density at radius 3 is 1.09 bits per heavy atom. The van der Waals surface area contributed by atoms with Crippen molar-refractivity contribution in [2.45, 2.75) is 225 Å². The minimum atomic E-state index is -4.40. The molecule has 0 radical (unpaired) electrons. The largest absolute Gasteiger partial charge is 0.472 e. The molecule has 0 saturated heterocycles. The summed E-state index contributed by atoms with van der Waals surface area (Å²) in [5.74, 6) is -0.866. The van der Waals surface area contributed by atoms with Crippen LogP contribution in [0.15, 0.2) is 146 Å². The predicted molar refractivity (Wildman–Crippen MR) is 320 cm³/mol. The van der Waals surface area contributed by atoms with Gasteiger partial charge in [-0.05, 0) is 122 Å². The van der Waals surface area contributed by atoms with Crippen molar-refractivity contribution in [1.82, 2.24) is 0 Å². The normalized spacial score (nSPS) is 14.1. The molecule has 75 heavy (non-hydrogen) atoms. The average molecular weight is 1060 g/mol. The molecule has 0 heterocycles. The van der Waals surface area contributed by atoms with E-state index in [0.29, 0.717) is 12.8 Å². The Hall–Kier alpha value is -4.11. The Morgan fingerprint density at radius 2 is 0.733 bits per heavy atom. The second-order valence-corrected chi connectivity index (χ2v) is 20.2. The molecule has 0 saturated carbocycles. The monoisotopic (exact) mass is 1060 g/mol. The molecule has 0 bridgehead atoms. The fourth-order valence-corrected chi connectivity index (χ4v) is 8.16. The Labute approximate surface area is 458 Å². The van der Waals surface area contributed by atoms with Gasteiger partial charge in [0.15, 0.2) is 6.10 Å². The smallest absolute Gasteiger partial charge is 0.462 e. The highest BCUT2D eigenvalue weighted by Gasteiger charge is 2.26. The van der Waals surface area contributed by atoms with Crippen LogP contribution in [0.1, 0.15) is 219 Å². The molecule has 0 aromatic carbocycles. The Balaban J connectivity index is 4.07. The number of phosphoric acid groups is 1. The van der Waals surface area contributed by atoms with Crippen LogP contribution in [0.3, 0.4) is 0 Å². The summed E-state index contributed by atoms with van der Waals surface area (Å²) in [5.41, 5.74) is 5.38. The van der Waals surface area contributed by atoms with Crippen LogP contribution in [-0.2, 0) is 32.7 Å². The van der Waals surface area contributed by atoms with E-state index in [1.54, 1.807) is 0 Å². The van der Waals surface area contributed by atoms with Gasteiger partial charge in [-0.2, -0.15) is 0 Å². The molecule has 0 aliphatic heterocycles. The summed E-state index contributed by atoms with van der Waals surface area (Å²) in [4.78, 5) is 35.2. The third-order valence-corrected chi connectivity index (χ3v) is 12.7. The Kier molecular flexibility index (Phi) is 55.9. The lowest BCUT2D eigenvalue weighted by Gasteiger charge is -2.19. The zero-order valence-electron chi connectivity index (χ0n) is 47.2. The summed E-state index contributed by atoms with van der Waals surface area (Å²) in [6.07, 6.45) is 84.6. The molecule has 0 spiro atoms. The second kappa shape index (κ2) is 59.1. The van der Waals surface area contributed by atoms with Crippen LogP contribution < -0.4 is 5.73 Å². The van der Waals surface area contributed by atoms with Crippen molar-refractivity contribution in [2.24, 2.45) is 5.73 Å². The number of carbonyl (C=O) groups excluding carboxylic acids is 2. The quantitative estimate of drug-likeness (QED) is 0.0264. The van der Waals surface area contributed by atoms with Gasteiger partial charge in [0.2, 0.25) is 0 Å². The van der Waals surface area contributed by atoms with Gasteiger partial charge < -0.3 is 20.1 Å². The highest BCUT2D eigenvalue weighted by atomic mass is 31.2. The molecule has 0 aromatic rings. The number of ether oxygens (including phenoxy) is 2. The number of carbonyl (C=O) groups is 2. The maximum absolute atomic E-state index is 12.7. The summed E-state index contributed by atoms with van der Waals surface area (Å²) in [7, 11) is -4.40. The molecule has 0 fully saturated rings. The number of phosphoric ester groups is 1. The van der Waals surface area contributed by atoms with Gasteiger partial charge in [0.05, 0.1) is 13.2 Å². The maximum Gasteiger partial charge on any atom is 0.472 e. The van der Waals surface area contributed by atoms with Crippen LogP contribution in [0.4, 0.5) is 0 Å². The van der Waals surface area contributed by atoms with Crippen LogP contribution in [0, 0.1) is 0 Å². The third kappa shape index (κ3) is 59.0. The van der Waals surface area contributed by atoms with Gasteiger partial charge >= 0.3 is 19.8 Å². The fourth-order valence-electron chi connectivity index (χ4n) is 7.40. The van der Waals surface area contributed by atoms with E-state index >= 15 is 0 Å². The molecule has 2 atom stereocenters. The molecule has 424 valence electrons. The van der Waals surface area contributed by atoms with Gasteiger partial charge in [-0.3, -0.25) is 18.6 Å². The van der Waals surface area contributed by atoms with Crippen LogP contribution in [0.25, 0.3) is 0 Å². The van der Waals surface area contributed by atoms with Crippen molar-refractivity contribution in [2.75, 3.05) is 26.4 Å². The van der Waals surface area contributed by atoms with Crippen molar-refractivity contribution in [3.8, 4) is 0 Å². The van der Waals surface area contributed by atoms with Gasteiger partial charge in [0.1, 0.15) is 6.61 Å². The minimum Gasteiger partial charge on any atom is -0.462 e. The zero-order chi connectivity index (χ0) is 54.5. The second-order valence-electron chi connectivity index (χ2n) is 18.8. The van der Waals surface area contributed by atoms with E-state index in [9.17, 15) is 19.0 Å². The van der Waals surface area contributed by atoms with E-state index in [-0.39, 0.29) is 32.6 Å². The van der Waals surface area contributed by atoms with Gasteiger partial charge in [-0.25, -0.2) is 4.57 Å². The van der Waals surface area contributed by atoms with Gasteiger partial charge in [-0.1, -0.05) is 230 Å². The van der Waals surface area contributed by atoms with Crippen molar-refractivity contribution < 1.29 is 37.6 Å². The SMILES string of the molecule is CC/C=C\C/C=C\C/C=C\C/C=C\C/C=C\C/C=C\C/C=C\C/C=C\C/C=C\CCCCCCCCCC(=O)OC(COC(=O)CCCCCCCC/C=C\C/C=C\C/C=C\CCCCC)COP(=O)(O)OCCN. The topological polar surface area (TPSA) is 134 Å². The first-order valence-electron chi connectivity index (χ1n) is 29.3. The first kappa shape index (κ1) is 70.9. The molecule has 0 rings (SSSR count). The van der Waals surface area contributed by atoms with E-state index in [2.05, 4.69) is 160 Å².